The molecular formula is C12H15NO6S. The number of carbonyl (C=O) groups excluding carboxylic acids is 2. The predicted molar refractivity (Wildman–Crippen MR) is 69.6 cm³/mol. The Labute approximate surface area is 117 Å². The second kappa shape index (κ2) is 6.49. The van der Waals surface area contributed by atoms with Crippen LogP contribution in [-0.2, 0) is 24.3 Å². The number of esters is 2. The molecule has 0 aliphatic heterocycles. The van der Waals surface area contributed by atoms with E-state index in [0.717, 1.165) is 4.31 Å². The lowest BCUT2D eigenvalue weighted by Gasteiger charge is -2.12. The minimum absolute atomic E-state index is 0.0324. The summed E-state index contributed by atoms with van der Waals surface area (Å²) in [7, 11) is 0.305. The van der Waals surface area contributed by atoms with Crippen molar-refractivity contribution in [3.8, 4) is 0 Å². The van der Waals surface area contributed by atoms with Gasteiger partial charge in [0.2, 0.25) is 10.0 Å². The smallest absolute Gasteiger partial charge is 0.344 e. The molecule has 0 aliphatic rings. The first kappa shape index (κ1) is 16.1. The molecule has 0 fully saturated rings. The number of benzene rings is 1. The minimum atomic E-state index is -3.63. The SMILES string of the molecule is COC(=O)COC(=O)c1cccc(S(=O)(=O)N(C)C)c1. The maximum Gasteiger partial charge on any atom is 0.344 e. The summed E-state index contributed by atoms with van der Waals surface area (Å²) in [6, 6.07) is 5.38. The minimum Gasteiger partial charge on any atom is -0.466 e. The Hall–Kier alpha value is -1.93. The molecular weight excluding hydrogens is 286 g/mol. The van der Waals surface area contributed by atoms with Gasteiger partial charge in [0.15, 0.2) is 6.61 Å². The van der Waals surface area contributed by atoms with Gasteiger partial charge in [-0.3, -0.25) is 0 Å². The number of hydrogen-bond acceptors (Lipinski definition) is 6. The average Bonchev–Trinajstić information content (AvgIpc) is 2.44. The van der Waals surface area contributed by atoms with Crippen LogP contribution in [0.1, 0.15) is 10.4 Å². The zero-order valence-corrected chi connectivity index (χ0v) is 12.1. The van der Waals surface area contributed by atoms with E-state index in [0.29, 0.717) is 0 Å². The molecule has 0 spiro atoms. The third kappa shape index (κ3) is 3.78. The molecule has 20 heavy (non-hydrogen) atoms. The summed E-state index contributed by atoms with van der Waals surface area (Å²) in [6.45, 7) is -0.528. The molecule has 0 radical (unpaired) electrons. The van der Waals surface area contributed by atoms with E-state index >= 15 is 0 Å². The van der Waals surface area contributed by atoms with E-state index in [9.17, 15) is 18.0 Å². The molecule has 1 rings (SSSR count). The van der Waals surface area contributed by atoms with Crippen LogP contribution in [0.25, 0.3) is 0 Å². The van der Waals surface area contributed by atoms with Crippen molar-refractivity contribution in [2.75, 3.05) is 27.8 Å². The molecule has 1 aromatic carbocycles. The number of carbonyl (C=O) groups is 2. The molecule has 0 aliphatic carbocycles. The molecule has 0 N–H and O–H groups in total. The van der Waals surface area contributed by atoms with Crippen LogP contribution in [0.4, 0.5) is 0 Å². The van der Waals surface area contributed by atoms with Crippen LogP contribution in [0.15, 0.2) is 29.2 Å². The highest BCUT2D eigenvalue weighted by Crippen LogP contribution is 2.15. The number of rotatable bonds is 5. The summed E-state index contributed by atoms with van der Waals surface area (Å²) < 4.78 is 33.9. The van der Waals surface area contributed by atoms with Gasteiger partial charge in [-0.1, -0.05) is 6.07 Å². The van der Waals surface area contributed by atoms with Gasteiger partial charge in [-0.05, 0) is 18.2 Å². The molecule has 7 nitrogen and oxygen atoms in total. The van der Waals surface area contributed by atoms with Crippen molar-refractivity contribution < 1.29 is 27.5 Å². The van der Waals surface area contributed by atoms with Gasteiger partial charge in [0.05, 0.1) is 17.6 Å². The van der Waals surface area contributed by atoms with Crippen LogP contribution >= 0.6 is 0 Å². The van der Waals surface area contributed by atoms with Crippen LogP contribution in [0.5, 0.6) is 0 Å². The quantitative estimate of drug-likeness (QED) is 0.725. The molecule has 0 aromatic heterocycles. The normalized spacial score (nSPS) is 11.2. The van der Waals surface area contributed by atoms with Crippen LogP contribution in [0.3, 0.4) is 0 Å². The van der Waals surface area contributed by atoms with Crippen molar-refractivity contribution in [3.05, 3.63) is 29.8 Å². The first-order chi connectivity index (χ1) is 9.28. The molecule has 0 bridgehead atoms. The molecule has 110 valence electrons. The van der Waals surface area contributed by atoms with Gasteiger partial charge >= 0.3 is 11.9 Å². The van der Waals surface area contributed by atoms with E-state index in [-0.39, 0.29) is 10.5 Å². The van der Waals surface area contributed by atoms with Gasteiger partial charge in [-0.25, -0.2) is 22.3 Å². The highest BCUT2D eigenvalue weighted by Gasteiger charge is 2.19. The van der Waals surface area contributed by atoms with E-state index < -0.39 is 28.6 Å². The monoisotopic (exact) mass is 301 g/mol. The summed E-state index contributed by atoms with van der Waals surface area (Å²) in [5.41, 5.74) is 0.0387. The summed E-state index contributed by atoms with van der Waals surface area (Å²) in [5, 5.41) is 0. The lowest BCUT2D eigenvalue weighted by Crippen LogP contribution is -2.22. The molecule has 0 saturated carbocycles. The molecule has 8 heteroatoms. The van der Waals surface area contributed by atoms with E-state index in [4.69, 9.17) is 0 Å². The van der Waals surface area contributed by atoms with Gasteiger partial charge in [-0.15, -0.1) is 0 Å². The standard InChI is InChI=1S/C12H15NO6S/c1-13(2)20(16,17)10-6-4-5-9(7-10)12(15)19-8-11(14)18-3/h4-7H,8H2,1-3H3. The first-order valence-corrected chi connectivity index (χ1v) is 6.99. The van der Waals surface area contributed by atoms with Gasteiger partial charge in [-0.2, -0.15) is 0 Å². The van der Waals surface area contributed by atoms with Crippen molar-refractivity contribution in [2.45, 2.75) is 4.90 Å². The average molecular weight is 301 g/mol. The third-order valence-corrected chi connectivity index (χ3v) is 4.21. The lowest BCUT2D eigenvalue weighted by molar-refractivity contribution is -0.144. The zero-order valence-electron chi connectivity index (χ0n) is 11.3. The number of hydrogen-bond donors (Lipinski definition) is 0. The summed E-state index contributed by atoms with van der Waals surface area (Å²) in [5.74, 6) is -1.50. The number of nitrogens with zero attached hydrogens (tertiary/aromatic N) is 1. The van der Waals surface area contributed by atoms with Crippen molar-refractivity contribution in [2.24, 2.45) is 0 Å². The Morgan fingerprint density at radius 3 is 2.45 bits per heavy atom. The van der Waals surface area contributed by atoms with Gasteiger partial charge in [0.1, 0.15) is 0 Å². The first-order valence-electron chi connectivity index (χ1n) is 5.55. The van der Waals surface area contributed by atoms with E-state index in [1.807, 2.05) is 0 Å². The highest BCUT2D eigenvalue weighted by atomic mass is 32.2. The Kier molecular flexibility index (Phi) is 5.23. The summed E-state index contributed by atoms with van der Waals surface area (Å²) in [6.07, 6.45) is 0. The number of methoxy groups -OCH3 is 1. The van der Waals surface area contributed by atoms with Crippen LogP contribution in [0.2, 0.25) is 0 Å². The Morgan fingerprint density at radius 1 is 1.25 bits per heavy atom. The second-order valence-electron chi connectivity index (χ2n) is 3.97. The lowest BCUT2D eigenvalue weighted by atomic mass is 10.2. The Bertz CT molecular complexity index is 608. The fraction of sp³-hybridized carbons (Fsp3) is 0.333. The Balaban J connectivity index is 2.94. The number of ether oxygens (including phenoxy) is 2. The molecule has 0 amide bonds. The maximum absolute atomic E-state index is 11.9. The number of sulfonamides is 1. The Morgan fingerprint density at radius 2 is 1.90 bits per heavy atom. The van der Waals surface area contributed by atoms with Crippen molar-refractivity contribution >= 4 is 22.0 Å². The fourth-order valence-corrected chi connectivity index (χ4v) is 2.21. The van der Waals surface area contributed by atoms with Crippen LogP contribution < -0.4 is 0 Å². The topological polar surface area (TPSA) is 90.0 Å². The molecule has 0 atom stereocenters. The van der Waals surface area contributed by atoms with Gasteiger partial charge in [0, 0.05) is 14.1 Å². The highest BCUT2D eigenvalue weighted by molar-refractivity contribution is 7.89. The summed E-state index contributed by atoms with van der Waals surface area (Å²) in [4.78, 5) is 22.5. The molecule has 0 saturated heterocycles. The van der Waals surface area contributed by atoms with Crippen molar-refractivity contribution in [3.63, 3.8) is 0 Å². The van der Waals surface area contributed by atoms with E-state index in [2.05, 4.69) is 9.47 Å². The maximum atomic E-state index is 11.9. The van der Waals surface area contributed by atoms with Gasteiger partial charge < -0.3 is 9.47 Å². The largest absolute Gasteiger partial charge is 0.466 e. The van der Waals surface area contributed by atoms with Crippen molar-refractivity contribution in [1.82, 2.24) is 4.31 Å². The summed E-state index contributed by atoms with van der Waals surface area (Å²) >= 11 is 0. The van der Waals surface area contributed by atoms with Crippen molar-refractivity contribution in [1.29, 1.82) is 0 Å². The molecule has 1 aromatic rings. The molecule has 0 heterocycles. The van der Waals surface area contributed by atoms with Gasteiger partial charge in [0.25, 0.3) is 0 Å². The molecule has 0 unspecified atom stereocenters. The predicted octanol–water partition coefficient (Wildman–Crippen LogP) is 0.267. The second-order valence-corrected chi connectivity index (χ2v) is 6.12. The van der Waals surface area contributed by atoms with E-state index in [1.165, 1.54) is 45.5 Å². The fourth-order valence-electron chi connectivity index (χ4n) is 1.26. The van der Waals surface area contributed by atoms with Crippen LogP contribution in [0, 0.1) is 0 Å². The zero-order chi connectivity index (χ0) is 15.3. The third-order valence-electron chi connectivity index (χ3n) is 2.40. The van der Waals surface area contributed by atoms with E-state index in [1.54, 1.807) is 0 Å². The van der Waals surface area contributed by atoms with Crippen LogP contribution in [-0.4, -0.2) is 52.5 Å².